The Balaban J connectivity index is 1.34. The molecule has 2 aliphatic carbocycles. The Morgan fingerprint density at radius 1 is 1.07 bits per heavy atom. The predicted molar refractivity (Wildman–Crippen MR) is 155 cm³/mol. The van der Waals surface area contributed by atoms with Crippen LogP contribution < -0.4 is 0 Å². The van der Waals surface area contributed by atoms with Gasteiger partial charge in [0.05, 0.1) is 11.8 Å². The fraction of sp³-hybridized carbons (Fsp3) is 0.303. The van der Waals surface area contributed by atoms with E-state index >= 15 is 0 Å². The van der Waals surface area contributed by atoms with Crippen LogP contribution in [0.5, 0.6) is 5.75 Å². The number of hydrogen-bond donors (Lipinski definition) is 2. The van der Waals surface area contributed by atoms with E-state index in [9.17, 15) is 24.1 Å². The topological polar surface area (TPSA) is 96.7 Å². The number of aromatic hydroxyl groups is 1. The molecule has 3 aliphatic rings. The molecule has 1 saturated heterocycles. The van der Waals surface area contributed by atoms with Crippen LogP contribution in [0.25, 0.3) is 11.6 Å². The summed E-state index contributed by atoms with van der Waals surface area (Å²) in [5.41, 5.74) is 5.29. The molecule has 0 spiro atoms. The molecule has 208 valence electrons. The molecule has 2 heterocycles. The van der Waals surface area contributed by atoms with Gasteiger partial charge in [-0.25, -0.2) is 4.39 Å². The number of aromatic nitrogens is 1. The Morgan fingerprint density at radius 3 is 2.54 bits per heavy atom. The Morgan fingerprint density at radius 2 is 1.83 bits per heavy atom. The van der Waals surface area contributed by atoms with Crippen LogP contribution in [0.3, 0.4) is 0 Å². The third-order valence-corrected chi connectivity index (χ3v) is 8.77. The third-order valence-electron chi connectivity index (χ3n) is 8.77. The van der Waals surface area contributed by atoms with Crippen LogP contribution in [0.4, 0.5) is 4.39 Å². The van der Waals surface area contributed by atoms with Crippen LogP contribution in [0.2, 0.25) is 6.32 Å². The monoisotopic (exact) mass is 551 g/mol. The molecule has 4 atom stereocenters. The number of phenols is 1. The average Bonchev–Trinajstić information content (AvgIpc) is 2.99. The lowest BCUT2D eigenvalue weighted by molar-refractivity contribution is 0.0600. The number of carbonyl (C=O) groups excluding carboxylic acids is 2. The number of benzene rings is 2. The van der Waals surface area contributed by atoms with E-state index in [0.717, 1.165) is 28.8 Å². The number of carbonyl (C=O) groups is 2. The van der Waals surface area contributed by atoms with Crippen molar-refractivity contribution in [2.24, 2.45) is 17.8 Å². The number of phenolic OH excluding ortho intramolecular Hbond substituents is 1. The minimum atomic E-state index is -1.06. The Labute approximate surface area is 238 Å². The SMILES string of the molecule is CCC1=C2[C@@H](CC/C(=C/c3ccc(O)c(F)c3)c3ccccn3)OB(O)C[C@@H]2[C@@H]2C(=O)c3ccccc3C(=O)[C@@H]2C1. The van der Waals surface area contributed by atoms with Gasteiger partial charge in [-0.2, -0.15) is 0 Å². The molecule has 0 amide bonds. The Bertz CT molecular complexity index is 1570. The van der Waals surface area contributed by atoms with Crippen LogP contribution in [0.1, 0.15) is 64.6 Å². The summed E-state index contributed by atoms with van der Waals surface area (Å²) >= 11 is 0. The van der Waals surface area contributed by atoms with Gasteiger partial charge in [0, 0.05) is 29.2 Å². The maximum absolute atomic E-state index is 14.1. The number of ketones is 2. The number of hydrogen-bond acceptors (Lipinski definition) is 6. The van der Waals surface area contributed by atoms with Gasteiger partial charge in [-0.05, 0) is 85.0 Å². The molecule has 0 saturated carbocycles. The summed E-state index contributed by atoms with van der Waals surface area (Å²) in [5, 5.41) is 20.5. The molecular formula is C33H31BFNO5. The minimum Gasteiger partial charge on any atom is -0.505 e. The summed E-state index contributed by atoms with van der Waals surface area (Å²) < 4.78 is 20.2. The molecule has 0 radical (unpaired) electrons. The lowest BCUT2D eigenvalue weighted by Crippen LogP contribution is -2.50. The van der Waals surface area contributed by atoms with Crippen molar-refractivity contribution in [2.45, 2.75) is 45.0 Å². The van der Waals surface area contributed by atoms with Crippen LogP contribution in [-0.4, -0.2) is 39.9 Å². The molecule has 41 heavy (non-hydrogen) atoms. The second-order valence-corrected chi connectivity index (χ2v) is 11.1. The molecule has 6 nitrogen and oxygen atoms in total. The van der Waals surface area contributed by atoms with Gasteiger partial charge in [0.25, 0.3) is 0 Å². The van der Waals surface area contributed by atoms with E-state index < -0.39 is 36.6 Å². The first kappa shape index (κ1) is 27.3. The fourth-order valence-corrected chi connectivity index (χ4v) is 6.94. The normalized spacial score (nSPS) is 24.2. The molecular weight excluding hydrogens is 520 g/mol. The van der Waals surface area contributed by atoms with Crippen molar-refractivity contribution in [1.82, 2.24) is 4.98 Å². The summed E-state index contributed by atoms with van der Waals surface area (Å²) in [7, 11) is -1.06. The van der Waals surface area contributed by atoms with E-state index in [1.165, 1.54) is 12.1 Å². The minimum absolute atomic E-state index is 0.00855. The summed E-state index contributed by atoms with van der Waals surface area (Å²) in [6.45, 7) is 2.06. The first-order chi connectivity index (χ1) is 19.9. The van der Waals surface area contributed by atoms with Crippen molar-refractivity contribution in [1.29, 1.82) is 0 Å². The highest BCUT2D eigenvalue weighted by Crippen LogP contribution is 2.51. The van der Waals surface area contributed by atoms with Crippen molar-refractivity contribution in [3.63, 3.8) is 0 Å². The van der Waals surface area contributed by atoms with Gasteiger partial charge in [0.15, 0.2) is 23.1 Å². The van der Waals surface area contributed by atoms with Crippen LogP contribution in [-0.2, 0) is 4.65 Å². The molecule has 0 bridgehead atoms. The molecule has 3 aromatic rings. The van der Waals surface area contributed by atoms with Gasteiger partial charge in [-0.15, -0.1) is 0 Å². The summed E-state index contributed by atoms with van der Waals surface area (Å²) in [5.74, 6) is -2.37. The molecule has 2 aromatic carbocycles. The zero-order valence-corrected chi connectivity index (χ0v) is 22.8. The number of fused-ring (bicyclic) bond motifs is 4. The zero-order chi connectivity index (χ0) is 28.7. The quantitative estimate of drug-likeness (QED) is 0.281. The smallest absolute Gasteiger partial charge is 0.455 e. The van der Waals surface area contributed by atoms with Gasteiger partial charge in [-0.1, -0.05) is 48.9 Å². The van der Waals surface area contributed by atoms with Crippen molar-refractivity contribution >= 4 is 30.3 Å². The largest absolute Gasteiger partial charge is 0.505 e. The molecule has 1 fully saturated rings. The standard InChI is InChI=1S/C33H31BFNO5/c1-2-20-17-24-31(33(39)23-8-4-3-7-22(23)32(24)38)25-18-34(40)41-29(30(20)25)13-11-21(27-9-5-6-14-36-27)15-19-10-12-28(37)26(35)16-19/h3-10,12,14-16,24-25,29,31,37,40H,2,11,13,17-18H2,1H3/b21-15-/t24-,25+,29-,31-/m1/s1. The average molecular weight is 551 g/mol. The van der Waals surface area contributed by atoms with Crippen LogP contribution >= 0.6 is 0 Å². The van der Waals surface area contributed by atoms with E-state index in [4.69, 9.17) is 4.65 Å². The Hall–Kier alpha value is -3.88. The van der Waals surface area contributed by atoms with Gasteiger partial charge >= 0.3 is 7.12 Å². The van der Waals surface area contributed by atoms with E-state index in [-0.39, 0.29) is 23.8 Å². The number of nitrogens with zero attached hydrogens (tertiary/aromatic N) is 1. The molecule has 8 heteroatoms. The number of halogens is 1. The van der Waals surface area contributed by atoms with Crippen molar-refractivity contribution in [3.8, 4) is 5.75 Å². The second-order valence-electron chi connectivity index (χ2n) is 11.1. The van der Waals surface area contributed by atoms with E-state index in [2.05, 4.69) is 11.9 Å². The van der Waals surface area contributed by atoms with Crippen molar-refractivity contribution in [3.05, 3.63) is 106 Å². The van der Waals surface area contributed by atoms with Crippen LogP contribution in [0.15, 0.2) is 78.0 Å². The zero-order valence-electron chi connectivity index (χ0n) is 22.8. The fourth-order valence-electron chi connectivity index (χ4n) is 6.94. The lowest BCUT2D eigenvalue weighted by atomic mass is 9.54. The van der Waals surface area contributed by atoms with Gasteiger partial charge in [-0.3, -0.25) is 14.6 Å². The van der Waals surface area contributed by atoms with Gasteiger partial charge in [0.1, 0.15) is 0 Å². The number of Topliss-reactive ketones (excluding diaryl/α,β-unsaturated/α-hetero) is 2. The van der Waals surface area contributed by atoms with Crippen molar-refractivity contribution in [2.75, 3.05) is 0 Å². The lowest BCUT2D eigenvalue weighted by Gasteiger charge is -2.47. The number of pyridine rings is 1. The number of allylic oxidation sites excluding steroid dienone is 2. The first-order valence-electron chi connectivity index (χ1n) is 14.2. The Kier molecular flexibility index (Phi) is 7.45. The highest BCUT2D eigenvalue weighted by molar-refractivity contribution is 6.43. The molecule has 6 rings (SSSR count). The maximum atomic E-state index is 14.1. The highest BCUT2D eigenvalue weighted by Gasteiger charge is 2.53. The maximum Gasteiger partial charge on any atom is 0.455 e. The van der Waals surface area contributed by atoms with E-state index in [1.54, 1.807) is 36.5 Å². The molecule has 2 N–H and O–H groups in total. The van der Waals surface area contributed by atoms with Gasteiger partial charge < -0.3 is 14.8 Å². The van der Waals surface area contributed by atoms with Crippen molar-refractivity contribution < 1.29 is 28.8 Å². The van der Waals surface area contributed by atoms with E-state index in [1.807, 2.05) is 24.3 Å². The summed E-state index contributed by atoms with van der Waals surface area (Å²) in [6.07, 6.45) is 5.62. The first-order valence-corrected chi connectivity index (χ1v) is 14.2. The molecule has 1 aromatic heterocycles. The second kappa shape index (κ2) is 11.2. The molecule has 0 unspecified atom stereocenters. The van der Waals surface area contributed by atoms with E-state index in [0.29, 0.717) is 36.0 Å². The molecule has 1 aliphatic heterocycles. The number of rotatable bonds is 6. The van der Waals surface area contributed by atoms with Gasteiger partial charge in [0.2, 0.25) is 0 Å². The predicted octanol–water partition coefficient (Wildman–Crippen LogP) is 6.16. The summed E-state index contributed by atoms with van der Waals surface area (Å²) in [4.78, 5) is 31.9. The third kappa shape index (κ3) is 5.07. The van der Waals surface area contributed by atoms with Crippen LogP contribution in [0, 0.1) is 23.6 Å². The highest BCUT2D eigenvalue weighted by atomic mass is 19.1. The summed E-state index contributed by atoms with van der Waals surface area (Å²) in [6, 6.07) is 16.9.